The van der Waals surface area contributed by atoms with E-state index in [-0.39, 0.29) is 6.10 Å². The Hall–Kier alpha value is -2.47. The zero-order valence-electron chi connectivity index (χ0n) is 12.9. The highest BCUT2D eigenvalue weighted by Crippen LogP contribution is 2.21. The van der Waals surface area contributed by atoms with Crippen LogP contribution in [0.25, 0.3) is 17.2 Å². The first-order valence-electron chi connectivity index (χ1n) is 7.15. The van der Waals surface area contributed by atoms with Gasteiger partial charge in [-0.2, -0.15) is 4.98 Å². The highest BCUT2D eigenvalue weighted by Gasteiger charge is 2.18. The van der Waals surface area contributed by atoms with Gasteiger partial charge in [-0.15, -0.1) is 5.10 Å². The fraction of sp³-hybridized carbons (Fsp3) is 0.250. The topological polar surface area (TPSA) is 69.4 Å². The zero-order valence-corrected chi connectivity index (χ0v) is 13.7. The fourth-order valence-electron chi connectivity index (χ4n) is 2.17. The quantitative estimate of drug-likeness (QED) is 0.689. The van der Waals surface area contributed by atoms with E-state index in [0.717, 1.165) is 5.56 Å². The number of aromatic nitrogens is 4. The van der Waals surface area contributed by atoms with Crippen LogP contribution in [0.5, 0.6) is 0 Å². The fourth-order valence-corrected chi connectivity index (χ4v) is 2.36. The number of benzene rings is 1. The van der Waals surface area contributed by atoms with E-state index in [1.807, 2.05) is 12.1 Å². The van der Waals surface area contributed by atoms with Crippen molar-refractivity contribution in [2.45, 2.75) is 26.9 Å². The van der Waals surface area contributed by atoms with Gasteiger partial charge in [-0.05, 0) is 32.9 Å². The third kappa shape index (κ3) is 3.03. The molecular formula is C16H15ClN4O2. The van der Waals surface area contributed by atoms with Crippen LogP contribution in [0.3, 0.4) is 0 Å². The van der Waals surface area contributed by atoms with Crippen molar-refractivity contribution < 1.29 is 9.53 Å². The van der Waals surface area contributed by atoms with Gasteiger partial charge in [-0.3, -0.25) is 0 Å². The van der Waals surface area contributed by atoms with Gasteiger partial charge in [-0.1, -0.05) is 23.7 Å². The van der Waals surface area contributed by atoms with E-state index in [4.69, 9.17) is 16.3 Å². The number of halogens is 1. The Bertz CT molecular complexity index is 889. The summed E-state index contributed by atoms with van der Waals surface area (Å²) in [6.45, 7) is 5.37. The Balaban J connectivity index is 2.07. The lowest BCUT2D eigenvalue weighted by atomic mass is 10.2. The minimum Gasteiger partial charge on any atom is -0.459 e. The van der Waals surface area contributed by atoms with E-state index in [2.05, 4.69) is 15.1 Å². The van der Waals surface area contributed by atoms with Crippen molar-refractivity contribution in [1.82, 2.24) is 19.6 Å². The summed E-state index contributed by atoms with van der Waals surface area (Å²) < 4.78 is 6.75. The molecule has 0 atom stereocenters. The van der Waals surface area contributed by atoms with Crippen molar-refractivity contribution in [2.75, 3.05) is 0 Å². The molecule has 118 valence electrons. The molecule has 3 rings (SSSR count). The number of ether oxygens (including phenoxy) is 1. The molecule has 0 amide bonds. The normalized spacial score (nSPS) is 11.2. The number of carbonyl (C=O) groups excluding carboxylic acids is 1. The van der Waals surface area contributed by atoms with E-state index in [0.29, 0.717) is 27.9 Å². The van der Waals surface area contributed by atoms with Crippen LogP contribution in [0.2, 0.25) is 5.02 Å². The number of hydrogen-bond donors (Lipinski definition) is 0. The lowest BCUT2D eigenvalue weighted by Gasteiger charge is -2.09. The van der Waals surface area contributed by atoms with Crippen LogP contribution in [0.1, 0.15) is 29.9 Å². The van der Waals surface area contributed by atoms with Crippen LogP contribution in [0.4, 0.5) is 0 Å². The average molecular weight is 331 g/mol. The average Bonchev–Trinajstić information content (AvgIpc) is 2.92. The minimum atomic E-state index is -0.424. The van der Waals surface area contributed by atoms with Gasteiger partial charge in [0.1, 0.15) is 0 Å². The molecule has 0 saturated heterocycles. The number of carbonyl (C=O) groups is 1. The Morgan fingerprint density at radius 3 is 2.83 bits per heavy atom. The maximum Gasteiger partial charge on any atom is 0.341 e. The molecule has 0 aliphatic heterocycles. The van der Waals surface area contributed by atoms with Crippen LogP contribution >= 0.6 is 11.6 Å². The molecule has 6 nitrogen and oxygen atoms in total. The molecule has 0 unspecified atom stereocenters. The number of aryl methyl sites for hydroxylation is 1. The van der Waals surface area contributed by atoms with Gasteiger partial charge < -0.3 is 4.74 Å². The lowest BCUT2D eigenvalue weighted by Crippen LogP contribution is -2.15. The summed E-state index contributed by atoms with van der Waals surface area (Å²) in [6, 6.07) is 7.25. The minimum absolute atomic E-state index is 0.199. The van der Waals surface area contributed by atoms with Crippen molar-refractivity contribution >= 4 is 23.3 Å². The number of fused-ring (bicyclic) bond motifs is 1. The van der Waals surface area contributed by atoms with E-state index in [1.165, 1.54) is 10.7 Å². The van der Waals surface area contributed by atoms with E-state index in [9.17, 15) is 4.79 Å². The lowest BCUT2D eigenvalue weighted by molar-refractivity contribution is 0.0375. The SMILES string of the molecule is Cc1c(C(=O)OC(C)C)cnc2nc(-c3cccc(Cl)c3)nn12. The number of esters is 1. The molecule has 2 heterocycles. The van der Waals surface area contributed by atoms with E-state index in [1.54, 1.807) is 32.9 Å². The third-order valence-corrected chi connectivity index (χ3v) is 3.49. The van der Waals surface area contributed by atoms with Crippen molar-refractivity contribution in [3.05, 3.63) is 46.7 Å². The standard InChI is InChI=1S/C16H15ClN4O2/c1-9(2)23-15(22)13-8-18-16-19-14(20-21(16)10(13)3)11-5-4-6-12(17)7-11/h4-9H,1-3H3. The summed E-state index contributed by atoms with van der Waals surface area (Å²) >= 11 is 6.00. The molecule has 0 bridgehead atoms. The predicted octanol–water partition coefficient (Wildman–Crippen LogP) is 3.32. The molecule has 0 N–H and O–H groups in total. The highest BCUT2D eigenvalue weighted by atomic mass is 35.5. The van der Waals surface area contributed by atoms with Crippen LogP contribution in [0.15, 0.2) is 30.5 Å². The Labute approximate surface area is 138 Å². The van der Waals surface area contributed by atoms with Crippen molar-refractivity contribution in [1.29, 1.82) is 0 Å². The van der Waals surface area contributed by atoms with Crippen LogP contribution < -0.4 is 0 Å². The van der Waals surface area contributed by atoms with E-state index >= 15 is 0 Å². The molecular weight excluding hydrogens is 316 g/mol. The Kier molecular flexibility index (Phi) is 4.00. The van der Waals surface area contributed by atoms with Crippen molar-refractivity contribution in [2.24, 2.45) is 0 Å². The molecule has 23 heavy (non-hydrogen) atoms. The zero-order chi connectivity index (χ0) is 16.6. The summed E-state index contributed by atoms with van der Waals surface area (Å²) in [5, 5.41) is 5.03. The summed E-state index contributed by atoms with van der Waals surface area (Å²) in [5.41, 5.74) is 1.78. The number of nitrogens with zero attached hydrogens (tertiary/aromatic N) is 4. The smallest absolute Gasteiger partial charge is 0.341 e. The van der Waals surface area contributed by atoms with Gasteiger partial charge in [0.15, 0.2) is 5.82 Å². The number of rotatable bonds is 3. The maximum atomic E-state index is 12.1. The van der Waals surface area contributed by atoms with Crippen LogP contribution in [0, 0.1) is 6.92 Å². The summed E-state index contributed by atoms with van der Waals surface area (Å²) in [5.74, 6) is 0.489. The maximum absolute atomic E-state index is 12.1. The van der Waals surface area contributed by atoms with E-state index < -0.39 is 5.97 Å². The molecule has 2 aromatic heterocycles. The second-order valence-corrected chi connectivity index (χ2v) is 5.81. The molecule has 0 saturated carbocycles. The molecule has 0 fully saturated rings. The van der Waals surface area contributed by atoms with Crippen LogP contribution in [-0.4, -0.2) is 31.7 Å². The monoisotopic (exact) mass is 330 g/mol. The second kappa shape index (κ2) is 5.96. The van der Waals surface area contributed by atoms with Gasteiger partial charge in [0.05, 0.1) is 17.4 Å². The third-order valence-electron chi connectivity index (χ3n) is 3.25. The summed E-state index contributed by atoms with van der Waals surface area (Å²) in [4.78, 5) is 20.7. The van der Waals surface area contributed by atoms with Crippen molar-refractivity contribution in [3.63, 3.8) is 0 Å². The van der Waals surface area contributed by atoms with Gasteiger partial charge in [0, 0.05) is 16.8 Å². The second-order valence-electron chi connectivity index (χ2n) is 5.37. The molecule has 0 aliphatic carbocycles. The molecule has 1 aromatic carbocycles. The molecule has 7 heteroatoms. The molecule has 0 spiro atoms. The van der Waals surface area contributed by atoms with Gasteiger partial charge in [0.25, 0.3) is 5.78 Å². The van der Waals surface area contributed by atoms with Crippen molar-refractivity contribution in [3.8, 4) is 11.4 Å². The molecule has 0 aliphatic rings. The molecule has 3 aromatic rings. The van der Waals surface area contributed by atoms with Gasteiger partial charge >= 0.3 is 5.97 Å². The molecule has 0 radical (unpaired) electrons. The predicted molar refractivity (Wildman–Crippen MR) is 86.5 cm³/mol. The summed E-state index contributed by atoms with van der Waals surface area (Å²) in [6.07, 6.45) is 1.27. The first-order chi connectivity index (χ1) is 11.0. The van der Waals surface area contributed by atoms with Gasteiger partial charge in [-0.25, -0.2) is 14.3 Å². The first kappa shape index (κ1) is 15.4. The largest absolute Gasteiger partial charge is 0.459 e. The number of hydrogen-bond acceptors (Lipinski definition) is 5. The summed E-state index contributed by atoms with van der Waals surface area (Å²) in [7, 11) is 0. The Morgan fingerprint density at radius 1 is 1.35 bits per heavy atom. The highest BCUT2D eigenvalue weighted by molar-refractivity contribution is 6.30. The van der Waals surface area contributed by atoms with Crippen LogP contribution in [-0.2, 0) is 4.74 Å². The first-order valence-corrected chi connectivity index (χ1v) is 7.53. The Morgan fingerprint density at radius 2 is 2.13 bits per heavy atom. The van der Waals surface area contributed by atoms with Gasteiger partial charge in [0.2, 0.25) is 0 Å².